The van der Waals surface area contributed by atoms with Gasteiger partial charge >= 0.3 is 6.03 Å². The van der Waals surface area contributed by atoms with Crippen molar-refractivity contribution in [1.82, 2.24) is 20.8 Å². The van der Waals surface area contributed by atoms with Crippen molar-refractivity contribution in [2.45, 2.75) is 26.4 Å². The Morgan fingerprint density at radius 2 is 1.80 bits per heavy atom. The monoisotopic (exact) mass is 467 g/mol. The zero-order valence-electron chi connectivity index (χ0n) is 19.3. The summed E-state index contributed by atoms with van der Waals surface area (Å²) in [7, 11) is 0. The lowest BCUT2D eigenvalue weighted by atomic mass is 9.94. The Bertz CT molecular complexity index is 1520. The molecule has 35 heavy (non-hydrogen) atoms. The molecule has 8 heteroatoms. The highest BCUT2D eigenvalue weighted by Gasteiger charge is 2.18. The lowest BCUT2D eigenvalue weighted by Gasteiger charge is -2.12. The molecule has 2 amide bonds. The first-order valence-electron chi connectivity index (χ1n) is 11.5. The maximum absolute atomic E-state index is 12.2. The summed E-state index contributed by atoms with van der Waals surface area (Å²) in [6, 6.07) is 19.1. The van der Waals surface area contributed by atoms with Crippen LogP contribution in [0.5, 0.6) is 0 Å². The first-order valence-corrected chi connectivity index (χ1v) is 11.5. The number of carbonyl (C=O) groups excluding carboxylic acids is 1. The van der Waals surface area contributed by atoms with E-state index in [1.807, 2.05) is 61.5 Å². The van der Waals surface area contributed by atoms with Crippen molar-refractivity contribution in [2.24, 2.45) is 4.99 Å². The molecule has 0 saturated carbocycles. The summed E-state index contributed by atoms with van der Waals surface area (Å²) in [6.07, 6.45) is 1.04. The number of aliphatic hydroxyl groups excluding tert-OH is 1. The number of aromatic nitrogens is 2. The summed E-state index contributed by atoms with van der Waals surface area (Å²) in [5, 5.41) is 23.7. The third-order valence-electron chi connectivity index (χ3n) is 6.14. The van der Waals surface area contributed by atoms with Gasteiger partial charge < -0.3 is 10.4 Å². The second-order valence-electron chi connectivity index (χ2n) is 8.43. The fraction of sp³-hybridized carbons (Fsp3) is 0.185. The Morgan fingerprint density at radius 3 is 2.60 bits per heavy atom. The minimum absolute atomic E-state index is 0.0970. The van der Waals surface area contributed by atoms with Crippen molar-refractivity contribution in [2.75, 3.05) is 6.54 Å². The van der Waals surface area contributed by atoms with Crippen molar-refractivity contribution >= 4 is 28.3 Å². The van der Waals surface area contributed by atoms with Gasteiger partial charge in [-0.15, -0.1) is 0 Å². The van der Waals surface area contributed by atoms with Gasteiger partial charge in [-0.1, -0.05) is 48.5 Å². The number of urea groups is 1. The second-order valence-corrected chi connectivity index (χ2v) is 8.43. The Morgan fingerprint density at radius 1 is 1.03 bits per heavy atom. The smallest absolute Gasteiger partial charge is 0.320 e. The van der Waals surface area contributed by atoms with Crippen LogP contribution < -0.4 is 16.2 Å². The molecule has 3 aromatic carbocycles. The largest absolute Gasteiger partial charge is 0.392 e. The number of H-pyrrole nitrogens is 1. The summed E-state index contributed by atoms with van der Waals surface area (Å²) >= 11 is 0. The zero-order chi connectivity index (χ0) is 24.4. The summed E-state index contributed by atoms with van der Waals surface area (Å²) in [5.74, 6) is 0.621. The standard InChI is InChI=1S/C27H25N5O3/c1-2-28-27(35)30-25-14-18-9-7-17(12-23(18)29-25)16-8-10-19(15-33)20(11-16)13-24-21-5-3-4-6-22(21)26(34)32-31-24/h3-12,33H,2,13-15H2,1H3,(H,32,34)(H2,28,29,30,35). The van der Waals surface area contributed by atoms with Gasteiger partial charge in [-0.2, -0.15) is 5.10 Å². The normalized spacial score (nSPS) is 12.3. The van der Waals surface area contributed by atoms with E-state index in [0.717, 1.165) is 44.6 Å². The van der Waals surface area contributed by atoms with E-state index >= 15 is 0 Å². The first kappa shape index (κ1) is 22.5. The molecule has 0 fully saturated rings. The number of amides is 2. The molecule has 0 bridgehead atoms. The lowest BCUT2D eigenvalue weighted by molar-refractivity contribution is 0.245. The van der Waals surface area contributed by atoms with E-state index in [0.29, 0.717) is 30.6 Å². The van der Waals surface area contributed by atoms with Gasteiger partial charge in [-0.25, -0.2) is 14.9 Å². The van der Waals surface area contributed by atoms with Crippen LogP contribution in [0.25, 0.3) is 21.9 Å². The average molecular weight is 468 g/mol. The van der Waals surface area contributed by atoms with Gasteiger partial charge in [0, 0.05) is 24.8 Å². The van der Waals surface area contributed by atoms with Crippen LogP contribution in [0, 0.1) is 0 Å². The molecular formula is C27H25N5O3. The van der Waals surface area contributed by atoms with Crippen LogP contribution in [-0.4, -0.2) is 33.7 Å². The molecule has 8 nitrogen and oxygen atoms in total. The predicted octanol–water partition coefficient (Wildman–Crippen LogP) is 3.58. The summed E-state index contributed by atoms with van der Waals surface area (Å²) in [6.45, 7) is 2.32. The fourth-order valence-corrected chi connectivity index (χ4v) is 4.38. The van der Waals surface area contributed by atoms with Gasteiger partial charge in [0.2, 0.25) is 0 Å². The van der Waals surface area contributed by atoms with E-state index in [2.05, 4.69) is 25.8 Å². The Hall–Kier alpha value is -4.30. The molecule has 4 N–H and O–H groups in total. The number of nitrogens with zero attached hydrogens (tertiary/aromatic N) is 2. The van der Waals surface area contributed by atoms with Gasteiger partial charge in [0.25, 0.3) is 5.56 Å². The van der Waals surface area contributed by atoms with Crippen LogP contribution in [0.4, 0.5) is 10.5 Å². The van der Waals surface area contributed by atoms with Gasteiger partial charge in [0.05, 0.1) is 23.4 Å². The molecule has 0 aliphatic carbocycles. The molecule has 0 atom stereocenters. The zero-order valence-corrected chi connectivity index (χ0v) is 19.3. The van der Waals surface area contributed by atoms with E-state index in [9.17, 15) is 14.7 Å². The van der Waals surface area contributed by atoms with Gasteiger partial charge in [0.1, 0.15) is 5.84 Å². The first-order chi connectivity index (χ1) is 17.1. The molecule has 1 aromatic heterocycles. The molecule has 4 aromatic rings. The third kappa shape index (κ3) is 4.56. The Balaban J connectivity index is 1.47. The number of rotatable bonds is 5. The van der Waals surface area contributed by atoms with E-state index < -0.39 is 0 Å². The Kier molecular flexibility index (Phi) is 6.12. The van der Waals surface area contributed by atoms with Crippen LogP contribution in [0.2, 0.25) is 0 Å². The number of carbonyl (C=O) groups is 1. The lowest BCUT2D eigenvalue weighted by Crippen LogP contribution is -2.39. The molecule has 0 unspecified atom stereocenters. The van der Waals surface area contributed by atoms with E-state index in [-0.39, 0.29) is 18.2 Å². The number of hydrogen-bond acceptors (Lipinski definition) is 5. The van der Waals surface area contributed by atoms with Crippen molar-refractivity contribution in [1.29, 1.82) is 0 Å². The van der Waals surface area contributed by atoms with Gasteiger partial charge in [-0.3, -0.25) is 10.1 Å². The van der Waals surface area contributed by atoms with Crippen LogP contribution in [-0.2, 0) is 19.4 Å². The number of hydrogen-bond donors (Lipinski definition) is 4. The Labute approximate surface area is 201 Å². The molecule has 1 aliphatic rings. The quantitative estimate of drug-likeness (QED) is 0.359. The number of amidine groups is 1. The number of aliphatic hydroxyl groups is 1. The summed E-state index contributed by atoms with van der Waals surface area (Å²) in [4.78, 5) is 28.6. The van der Waals surface area contributed by atoms with Crippen molar-refractivity contribution in [3.8, 4) is 11.1 Å². The summed E-state index contributed by atoms with van der Waals surface area (Å²) < 4.78 is 0. The van der Waals surface area contributed by atoms with Crippen LogP contribution in [0.15, 0.2) is 70.5 Å². The molecule has 5 rings (SSSR count). The number of aliphatic imine (C=N–C) groups is 1. The number of fused-ring (bicyclic) bond motifs is 2. The van der Waals surface area contributed by atoms with Crippen molar-refractivity contribution in [3.05, 3.63) is 93.4 Å². The minimum Gasteiger partial charge on any atom is -0.392 e. The topological polar surface area (TPSA) is 119 Å². The molecule has 0 radical (unpaired) electrons. The van der Waals surface area contributed by atoms with E-state index in [1.165, 1.54) is 0 Å². The highest BCUT2D eigenvalue weighted by Crippen LogP contribution is 2.33. The fourth-order valence-electron chi connectivity index (χ4n) is 4.38. The predicted molar refractivity (Wildman–Crippen MR) is 136 cm³/mol. The number of nitrogens with one attached hydrogen (secondary N) is 3. The molecule has 1 aliphatic heterocycles. The van der Waals surface area contributed by atoms with Crippen LogP contribution in [0.1, 0.15) is 29.3 Å². The number of benzene rings is 3. The minimum atomic E-state index is -0.257. The third-order valence-corrected chi connectivity index (χ3v) is 6.14. The molecular weight excluding hydrogens is 442 g/mol. The van der Waals surface area contributed by atoms with Gasteiger partial charge in [-0.05, 0) is 46.9 Å². The maximum Gasteiger partial charge on any atom is 0.320 e. The molecule has 2 heterocycles. The highest BCUT2D eigenvalue weighted by atomic mass is 16.3. The average Bonchev–Trinajstić information content (AvgIpc) is 3.27. The van der Waals surface area contributed by atoms with Gasteiger partial charge in [0.15, 0.2) is 0 Å². The van der Waals surface area contributed by atoms with Crippen molar-refractivity contribution in [3.63, 3.8) is 0 Å². The van der Waals surface area contributed by atoms with Crippen molar-refractivity contribution < 1.29 is 9.90 Å². The SMILES string of the molecule is CCNC(=O)NC1=Nc2cc(-c3ccc(CO)c(Cc4n[nH]c(=O)c5ccccc45)c3)ccc2C1. The highest BCUT2D eigenvalue weighted by molar-refractivity contribution is 6.02. The molecule has 0 spiro atoms. The van der Waals surface area contributed by atoms with E-state index in [4.69, 9.17) is 0 Å². The molecule has 176 valence electrons. The van der Waals surface area contributed by atoms with E-state index in [1.54, 1.807) is 6.07 Å². The molecule has 0 saturated heterocycles. The van der Waals surface area contributed by atoms with Crippen LogP contribution in [0.3, 0.4) is 0 Å². The maximum atomic E-state index is 12.2. The second kappa shape index (κ2) is 9.52. The number of aromatic amines is 1. The summed E-state index contributed by atoms with van der Waals surface area (Å²) in [5.41, 5.74) is 6.10. The van der Waals surface area contributed by atoms with Crippen LogP contribution >= 0.6 is 0 Å².